The van der Waals surface area contributed by atoms with Crippen molar-refractivity contribution >= 4 is 23.9 Å². The highest BCUT2D eigenvalue weighted by molar-refractivity contribution is 5.71. The molecule has 0 saturated carbocycles. The van der Waals surface area contributed by atoms with Crippen LogP contribution in [0.4, 0.5) is 0 Å². The highest BCUT2D eigenvalue weighted by atomic mass is 16.6. The van der Waals surface area contributed by atoms with E-state index in [1.807, 2.05) is 6.92 Å². The van der Waals surface area contributed by atoms with Gasteiger partial charge in [-0.3, -0.25) is 19.2 Å². The van der Waals surface area contributed by atoms with Gasteiger partial charge in [0.1, 0.15) is 23.7 Å². The monoisotopic (exact) mass is 452 g/mol. The summed E-state index contributed by atoms with van der Waals surface area (Å²) < 4.78 is 20.9. The topological polar surface area (TPSA) is 125 Å². The Balaban J connectivity index is 3.22. The molecule has 0 fully saturated rings. The molecule has 1 aromatic carbocycles. The molecule has 178 valence electrons. The fourth-order valence-corrected chi connectivity index (χ4v) is 3.25. The molecule has 1 aromatic rings. The van der Waals surface area contributed by atoms with Crippen molar-refractivity contribution in [3.05, 3.63) is 23.3 Å². The molecule has 2 unspecified atom stereocenters. The molecule has 32 heavy (non-hydrogen) atoms. The van der Waals surface area contributed by atoms with E-state index >= 15 is 0 Å². The van der Waals surface area contributed by atoms with Gasteiger partial charge in [0.15, 0.2) is 0 Å². The second-order valence-corrected chi connectivity index (χ2v) is 7.98. The van der Waals surface area contributed by atoms with Gasteiger partial charge in [-0.25, -0.2) is 0 Å². The van der Waals surface area contributed by atoms with Crippen LogP contribution in [0.2, 0.25) is 0 Å². The Morgan fingerprint density at radius 3 is 2.12 bits per heavy atom. The SMILES string of the molecule is CC(=O)OCc1cc(OC(C)=O)c(C(C)(CCCC(C)COC(C)=O)OC(C)=O)cc1O. The Hall–Kier alpha value is -3.10. The van der Waals surface area contributed by atoms with E-state index in [4.69, 9.17) is 18.9 Å². The maximum Gasteiger partial charge on any atom is 0.308 e. The van der Waals surface area contributed by atoms with Crippen LogP contribution in [0.3, 0.4) is 0 Å². The molecular formula is C23H32O9. The average Bonchev–Trinajstić information content (AvgIpc) is 2.65. The lowest BCUT2D eigenvalue weighted by Gasteiger charge is -2.32. The summed E-state index contributed by atoms with van der Waals surface area (Å²) in [4.78, 5) is 45.7. The lowest BCUT2D eigenvalue weighted by atomic mass is 9.87. The Bertz CT molecular complexity index is 846. The van der Waals surface area contributed by atoms with Crippen molar-refractivity contribution in [2.24, 2.45) is 5.92 Å². The first-order valence-electron chi connectivity index (χ1n) is 10.3. The number of aromatic hydroxyl groups is 1. The second kappa shape index (κ2) is 12.1. The molecule has 2 atom stereocenters. The standard InChI is InChI=1S/C23H32O9/c1-14(12-29-15(2)24)8-7-9-23(6,32-18(5)27)20-11-21(28)19(13-30-16(3)25)10-22(20)31-17(4)26/h10-11,14,28H,7-9,12-13H2,1-6H3. The number of ether oxygens (including phenoxy) is 4. The zero-order chi connectivity index (χ0) is 24.5. The maximum atomic E-state index is 11.9. The van der Waals surface area contributed by atoms with Crippen molar-refractivity contribution in [1.29, 1.82) is 0 Å². The van der Waals surface area contributed by atoms with E-state index in [0.717, 1.165) is 0 Å². The summed E-state index contributed by atoms with van der Waals surface area (Å²) in [5.41, 5.74) is -0.671. The zero-order valence-electron chi connectivity index (χ0n) is 19.5. The van der Waals surface area contributed by atoms with Gasteiger partial charge in [0.05, 0.1) is 6.61 Å². The first-order chi connectivity index (χ1) is 14.8. The number of carbonyl (C=O) groups excluding carboxylic acids is 4. The number of esters is 4. The van der Waals surface area contributed by atoms with Crippen LogP contribution in [-0.4, -0.2) is 35.6 Å². The van der Waals surface area contributed by atoms with Crippen LogP contribution in [0, 0.1) is 5.92 Å². The summed E-state index contributed by atoms with van der Waals surface area (Å²) in [6.45, 7) is 8.74. The first-order valence-corrected chi connectivity index (χ1v) is 10.3. The number of phenolic OH excluding ortho intramolecular Hbond substituents is 1. The van der Waals surface area contributed by atoms with E-state index in [9.17, 15) is 24.3 Å². The van der Waals surface area contributed by atoms with Crippen LogP contribution in [0.25, 0.3) is 0 Å². The second-order valence-electron chi connectivity index (χ2n) is 7.98. The molecule has 1 rings (SSSR count). The minimum absolute atomic E-state index is 0.0907. The number of phenols is 1. The third kappa shape index (κ3) is 8.95. The van der Waals surface area contributed by atoms with Gasteiger partial charge in [0.2, 0.25) is 0 Å². The Labute approximate surface area is 188 Å². The van der Waals surface area contributed by atoms with Crippen molar-refractivity contribution < 1.29 is 43.2 Å². The average molecular weight is 453 g/mol. The van der Waals surface area contributed by atoms with Crippen molar-refractivity contribution in [1.82, 2.24) is 0 Å². The highest BCUT2D eigenvalue weighted by Crippen LogP contribution is 2.41. The maximum absolute atomic E-state index is 11.9. The molecule has 0 saturated heterocycles. The van der Waals surface area contributed by atoms with Gasteiger partial charge in [-0.1, -0.05) is 6.92 Å². The zero-order valence-corrected chi connectivity index (χ0v) is 19.5. The van der Waals surface area contributed by atoms with E-state index in [1.165, 1.54) is 39.8 Å². The molecule has 0 spiro atoms. The minimum Gasteiger partial charge on any atom is -0.508 e. The minimum atomic E-state index is -1.21. The van der Waals surface area contributed by atoms with Crippen LogP contribution in [0.15, 0.2) is 12.1 Å². The molecule has 0 aliphatic heterocycles. The summed E-state index contributed by atoms with van der Waals surface area (Å²) in [6, 6.07) is 2.74. The van der Waals surface area contributed by atoms with Gasteiger partial charge < -0.3 is 24.1 Å². The van der Waals surface area contributed by atoms with Crippen LogP contribution < -0.4 is 4.74 Å². The molecule has 9 nitrogen and oxygen atoms in total. The van der Waals surface area contributed by atoms with Crippen LogP contribution in [-0.2, 0) is 45.6 Å². The van der Waals surface area contributed by atoms with Gasteiger partial charge in [0, 0.05) is 38.8 Å². The predicted molar refractivity (Wildman–Crippen MR) is 114 cm³/mol. The van der Waals surface area contributed by atoms with Crippen molar-refractivity contribution in [2.45, 2.75) is 73.0 Å². The number of carbonyl (C=O) groups is 4. The lowest BCUT2D eigenvalue weighted by molar-refractivity contribution is -0.157. The Morgan fingerprint density at radius 1 is 0.969 bits per heavy atom. The highest BCUT2D eigenvalue weighted by Gasteiger charge is 2.34. The molecular weight excluding hydrogens is 420 g/mol. The predicted octanol–water partition coefficient (Wildman–Crippen LogP) is 3.53. The molecule has 0 aromatic heterocycles. The number of hydrogen-bond acceptors (Lipinski definition) is 9. The fourth-order valence-electron chi connectivity index (χ4n) is 3.25. The molecule has 0 aliphatic carbocycles. The van der Waals surface area contributed by atoms with E-state index < -0.39 is 23.5 Å². The Morgan fingerprint density at radius 2 is 1.59 bits per heavy atom. The lowest BCUT2D eigenvalue weighted by Crippen LogP contribution is -2.29. The molecule has 1 N–H and O–H groups in total. The molecule has 0 amide bonds. The van der Waals surface area contributed by atoms with Crippen LogP contribution in [0.5, 0.6) is 11.5 Å². The largest absolute Gasteiger partial charge is 0.508 e. The van der Waals surface area contributed by atoms with Crippen molar-refractivity contribution in [2.75, 3.05) is 6.61 Å². The van der Waals surface area contributed by atoms with Gasteiger partial charge in [-0.2, -0.15) is 0 Å². The van der Waals surface area contributed by atoms with Gasteiger partial charge >= 0.3 is 23.9 Å². The summed E-state index contributed by atoms with van der Waals surface area (Å²) in [5, 5.41) is 10.5. The van der Waals surface area contributed by atoms with Gasteiger partial charge in [0.25, 0.3) is 0 Å². The van der Waals surface area contributed by atoms with E-state index in [1.54, 1.807) is 6.92 Å². The normalized spacial score (nSPS) is 13.4. The number of benzene rings is 1. The Kier molecular flexibility index (Phi) is 10.2. The summed E-state index contributed by atoms with van der Waals surface area (Å²) in [7, 11) is 0. The van der Waals surface area contributed by atoms with Crippen LogP contribution in [0.1, 0.15) is 71.9 Å². The smallest absolute Gasteiger partial charge is 0.308 e. The quantitative estimate of drug-likeness (QED) is 0.305. The first kappa shape index (κ1) is 26.9. The summed E-state index contributed by atoms with van der Waals surface area (Å²) in [5.74, 6) is -2.04. The van der Waals surface area contributed by atoms with E-state index in [2.05, 4.69) is 0 Å². The fraction of sp³-hybridized carbons (Fsp3) is 0.565. The summed E-state index contributed by atoms with van der Waals surface area (Å²) >= 11 is 0. The van der Waals surface area contributed by atoms with E-state index in [-0.39, 0.29) is 42.2 Å². The van der Waals surface area contributed by atoms with Gasteiger partial charge in [-0.15, -0.1) is 0 Å². The molecule has 0 aliphatic rings. The van der Waals surface area contributed by atoms with Gasteiger partial charge in [-0.05, 0) is 44.2 Å². The van der Waals surface area contributed by atoms with Crippen molar-refractivity contribution in [3.8, 4) is 11.5 Å². The third-order valence-electron chi connectivity index (χ3n) is 4.73. The molecule has 0 heterocycles. The number of rotatable bonds is 11. The van der Waals surface area contributed by atoms with Crippen LogP contribution >= 0.6 is 0 Å². The molecule has 0 bridgehead atoms. The third-order valence-corrected chi connectivity index (χ3v) is 4.73. The van der Waals surface area contributed by atoms with E-state index in [0.29, 0.717) is 24.8 Å². The summed E-state index contributed by atoms with van der Waals surface area (Å²) in [6.07, 6.45) is 1.64. The van der Waals surface area contributed by atoms with Crippen molar-refractivity contribution in [3.63, 3.8) is 0 Å². The number of hydrogen-bond donors (Lipinski definition) is 1. The molecule has 9 heteroatoms. The molecule has 0 radical (unpaired) electrons.